The predicted octanol–water partition coefficient (Wildman–Crippen LogP) is 1.83. The van der Waals surface area contributed by atoms with Crippen molar-refractivity contribution in [2.24, 2.45) is 5.92 Å². The molecule has 0 bridgehead atoms. The van der Waals surface area contributed by atoms with E-state index in [0.717, 1.165) is 25.7 Å². The van der Waals surface area contributed by atoms with Crippen LogP contribution in [0.25, 0.3) is 17.4 Å². The lowest BCUT2D eigenvalue weighted by molar-refractivity contribution is 0.281. The monoisotopic (exact) mass is 303 g/mol. The number of hydrogen-bond donors (Lipinski definition) is 2. The van der Waals surface area contributed by atoms with E-state index in [1.54, 1.807) is 6.33 Å². The van der Waals surface area contributed by atoms with E-state index in [-0.39, 0.29) is 18.5 Å². The van der Waals surface area contributed by atoms with Gasteiger partial charge in [-0.25, -0.2) is 4.98 Å². The third kappa shape index (κ3) is 3.04. The van der Waals surface area contributed by atoms with Crippen molar-refractivity contribution in [3.63, 3.8) is 0 Å². The van der Waals surface area contributed by atoms with E-state index < -0.39 is 0 Å². The molecule has 1 saturated carbocycles. The maximum atomic E-state index is 9.12. The summed E-state index contributed by atoms with van der Waals surface area (Å²) < 4.78 is 7.53. The summed E-state index contributed by atoms with van der Waals surface area (Å²) in [5, 5.41) is 9.12. The molecule has 0 aromatic carbocycles. The molecule has 1 aliphatic rings. The van der Waals surface area contributed by atoms with Gasteiger partial charge in [0.25, 0.3) is 0 Å². The third-order valence-electron chi connectivity index (χ3n) is 3.77. The molecule has 1 fully saturated rings. The summed E-state index contributed by atoms with van der Waals surface area (Å²) in [5.74, 6) is 0.874. The van der Waals surface area contributed by atoms with Crippen LogP contribution < -0.4 is 10.5 Å². The number of nitrogen functional groups attached to an aromatic ring is 1. The van der Waals surface area contributed by atoms with Crippen LogP contribution in [-0.4, -0.2) is 37.8 Å². The van der Waals surface area contributed by atoms with E-state index in [2.05, 4.69) is 21.9 Å². The van der Waals surface area contributed by atoms with Gasteiger partial charge in [-0.1, -0.05) is 19.8 Å². The van der Waals surface area contributed by atoms with E-state index >= 15 is 0 Å². The van der Waals surface area contributed by atoms with Crippen LogP contribution in [0.3, 0.4) is 0 Å². The van der Waals surface area contributed by atoms with Crippen LogP contribution in [-0.2, 0) is 0 Å². The molecule has 2 heterocycles. The van der Waals surface area contributed by atoms with Crippen LogP contribution in [0.4, 0.5) is 5.95 Å². The highest BCUT2D eigenvalue weighted by molar-refractivity contribution is 5.79. The summed E-state index contributed by atoms with van der Waals surface area (Å²) in [5.41, 5.74) is 8.21. The van der Waals surface area contributed by atoms with Crippen molar-refractivity contribution in [3.8, 4) is 5.88 Å². The Bertz CT molecular complexity index is 695. The zero-order valence-electron chi connectivity index (χ0n) is 12.7. The van der Waals surface area contributed by atoms with Gasteiger partial charge in [0.15, 0.2) is 11.2 Å². The first-order chi connectivity index (χ1) is 10.7. The van der Waals surface area contributed by atoms with Crippen molar-refractivity contribution < 1.29 is 9.84 Å². The number of aromatic nitrogens is 4. The molecule has 1 atom stereocenters. The summed E-state index contributed by atoms with van der Waals surface area (Å²) in [4.78, 5) is 12.7. The standard InChI is InChI=1S/C15H21N5O2/c1-2-3-4-5-22-14-12-13(18-15(16)19-14)20(9-17-12)7-10-6-11(10)8-21/h7,9,11,21H,2-6,8H2,1H3,(H2,16,18,19)/b10-7-/t11-/m1/s1. The Kier molecular flexibility index (Phi) is 4.24. The van der Waals surface area contributed by atoms with Gasteiger partial charge in [-0.15, -0.1) is 0 Å². The molecule has 3 rings (SSSR count). The van der Waals surface area contributed by atoms with Crippen molar-refractivity contribution in [3.05, 3.63) is 11.9 Å². The second-order valence-corrected chi connectivity index (χ2v) is 5.55. The first kappa shape index (κ1) is 14.8. The molecule has 118 valence electrons. The molecule has 0 amide bonds. The van der Waals surface area contributed by atoms with Gasteiger partial charge in [-0.3, -0.25) is 4.57 Å². The normalized spacial score (nSPS) is 19.0. The highest BCUT2D eigenvalue weighted by Crippen LogP contribution is 2.38. The summed E-state index contributed by atoms with van der Waals surface area (Å²) in [6.07, 6.45) is 7.77. The number of nitrogens with two attached hydrogens (primary N) is 1. The number of anilines is 1. The van der Waals surface area contributed by atoms with Gasteiger partial charge in [-0.2, -0.15) is 9.97 Å². The second kappa shape index (κ2) is 6.31. The number of unbranched alkanes of at least 4 members (excludes halogenated alkanes) is 2. The molecule has 1 aliphatic carbocycles. The summed E-state index contributed by atoms with van der Waals surface area (Å²) in [7, 11) is 0. The molecular weight excluding hydrogens is 282 g/mol. The highest BCUT2D eigenvalue weighted by atomic mass is 16.5. The fourth-order valence-electron chi connectivity index (χ4n) is 2.37. The first-order valence-corrected chi connectivity index (χ1v) is 7.67. The van der Waals surface area contributed by atoms with Gasteiger partial charge >= 0.3 is 0 Å². The van der Waals surface area contributed by atoms with E-state index in [4.69, 9.17) is 15.6 Å². The number of aliphatic hydroxyl groups is 1. The third-order valence-corrected chi connectivity index (χ3v) is 3.77. The number of aliphatic hydroxyl groups excluding tert-OH is 1. The van der Waals surface area contributed by atoms with E-state index in [1.807, 2.05) is 10.8 Å². The quantitative estimate of drug-likeness (QED) is 0.757. The van der Waals surface area contributed by atoms with Gasteiger partial charge in [0, 0.05) is 18.7 Å². The summed E-state index contributed by atoms with van der Waals surface area (Å²) >= 11 is 0. The molecule has 2 aromatic heterocycles. The van der Waals surface area contributed by atoms with Gasteiger partial charge < -0.3 is 15.6 Å². The summed E-state index contributed by atoms with van der Waals surface area (Å²) in [6.45, 7) is 2.93. The van der Waals surface area contributed by atoms with Crippen LogP contribution >= 0.6 is 0 Å². The largest absolute Gasteiger partial charge is 0.476 e. The number of hydrogen-bond acceptors (Lipinski definition) is 6. The molecule has 0 aliphatic heterocycles. The predicted molar refractivity (Wildman–Crippen MR) is 84.2 cm³/mol. The minimum absolute atomic E-state index is 0.174. The second-order valence-electron chi connectivity index (χ2n) is 5.55. The molecule has 0 saturated heterocycles. The van der Waals surface area contributed by atoms with Gasteiger partial charge in [0.2, 0.25) is 11.8 Å². The van der Waals surface area contributed by atoms with Crippen molar-refractivity contribution in [2.45, 2.75) is 32.6 Å². The maximum Gasteiger partial charge on any atom is 0.247 e. The van der Waals surface area contributed by atoms with E-state index in [0.29, 0.717) is 23.7 Å². The minimum Gasteiger partial charge on any atom is -0.476 e. The van der Waals surface area contributed by atoms with Crippen LogP contribution in [0, 0.1) is 5.92 Å². The van der Waals surface area contributed by atoms with Crippen molar-refractivity contribution >= 4 is 23.3 Å². The fourth-order valence-corrected chi connectivity index (χ4v) is 2.37. The number of fused-ring (bicyclic) bond motifs is 1. The Hall–Kier alpha value is -2.15. The Balaban J connectivity index is 1.85. The molecule has 0 radical (unpaired) electrons. The Morgan fingerprint density at radius 1 is 1.45 bits per heavy atom. The fraction of sp³-hybridized carbons (Fsp3) is 0.533. The van der Waals surface area contributed by atoms with Crippen LogP contribution in [0.2, 0.25) is 0 Å². The lowest BCUT2D eigenvalue weighted by Crippen LogP contribution is -2.04. The molecule has 7 heteroatoms. The first-order valence-electron chi connectivity index (χ1n) is 7.67. The Labute approximate surface area is 128 Å². The number of nitrogens with zero attached hydrogens (tertiary/aromatic N) is 4. The zero-order valence-corrected chi connectivity index (χ0v) is 12.7. The molecular formula is C15H21N5O2. The van der Waals surface area contributed by atoms with Gasteiger partial charge in [0.1, 0.15) is 6.33 Å². The number of rotatable bonds is 7. The Morgan fingerprint density at radius 2 is 2.32 bits per heavy atom. The molecule has 3 N–H and O–H groups in total. The van der Waals surface area contributed by atoms with Crippen molar-refractivity contribution in [1.82, 2.24) is 19.5 Å². The topological polar surface area (TPSA) is 99.1 Å². The molecule has 7 nitrogen and oxygen atoms in total. The average Bonchev–Trinajstić information content (AvgIpc) is 3.15. The van der Waals surface area contributed by atoms with Crippen LogP contribution in [0.5, 0.6) is 5.88 Å². The average molecular weight is 303 g/mol. The van der Waals surface area contributed by atoms with Crippen molar-refractivity contribution in [2.75, 3.05) is 18.9 Å². The number of imidazole rings is 1. The van der Waals surface area contributed by atoms with Crippen LogP contribution in [0.15, 0.2) is 11.9 Å². The zero-order chi connectivity index (χ0) is 15.5. The lowest BCUT2D eigenvalue weighted by atomic mass is 10.3. The summed E-state index contributed by atoms with van der Waals surface area (Å²) in [6, 6.07) is 0. The molecule has 0 spiro atoms. The lowest BCUT2D eigenvalue weighted by Gasteiger charge is -2.06. The molecule has 22 heavy (non-hydrogen) atoms. The number of ether oxygens (including phenoxy) is 1. The van der Waals surface area contributed by atoms with Crippen LogP contribution in [0.1, 0.15) is 32.6 Å². The SMILES string of the molecule is CCCCCOc1nc(N)nc2c1ncn2/C=C1/C[C@@H]1CO. The van der Waals surface area contributed by atoms with Gasteiger partial charge in [0.05, 0.1) is 6.61 Å². The smallest absolute Gasteiger partial charge is 0.247 e. The highest BCUT2D eigenvalue weighted by Gasteiger charge is 2.29. The maximum absolute atomic E-state index is 9.12. The van der Waals surface area contributed by atoms with E-state index in [9.17, 15) is 0 Å². The van der Waals surface area contributed by atoms with E-state index in [1.165, 1.54) is 5.57 Å². The molecule has 0 unspecified atom stereocenters. The minimum atomic E-state index is 0.174. The Morgan fingerprint density at radius 3 is 3.05 bits per heavy atom. The van der Waals surface area contributed by atoms with Gasteiger partial charge in [-0.05, 0) is 18.4 Å². The van der Waals surface area contributed by atoms with Crippen molar-refractivity contribution in [1.29, 1.82) is 0 Å². The molecule has 2 aromatic rings.